The molecular formula is C18H24N2O4. The van der Waals surface area contributed by atoms with E-state index < -0.39 is 0 Å². The molecule has 1 amide bonds. The SMILES string of the molecule is CCOC(=O)[C@@H]1CCCN(C[C@@H]2CN(c3ccccc3)C(=O)O2)C1. The van der Waals surface area contributed by atoms with Crippen LogP contribution in [0.2, 0.25) is 0 Å². The normalized spacial score (nSPS) is 24.7. The van der Waals surface area contributed by atoms with Crippen molar-refractivity contribution in [3.63, 3.8) is 0 Å². The average Bonchev–Trinajstić information content (AvgIpc) is 2.96. The number of cyclic esters (lactones) is 1. The summed E-state index contributed by atoms with van der Waals surface area (Å²) in [7, 11) is 0. The van der Waals surface area contributed by atoms with Crippen molar-refractivity contribution in [2.24, 2.45) is 5.92 Å². The van der Waals surface area contributed by atoms with Crippen LogP contribution in [0, 0.1) is 5.92 Å². The van der Waals surface area contributed by atoms with Crippen LogP contribution in [-0.4, -0.2) is 55.9 Å². The van der Waals surface area contributed by atoms with E-state index in [1.54, 1.807) is 4.90 Å². The first kappa shape index (κ1) is 16.8. The van der Waals surface area contributed by atoms with Gasteiger partial charge in [-0.15, -0.1) is 0 Å². The highest BCUT2D eigenvalue weighted by Gasteiger charge is 2.35. The molecular weight excluding hydrogens is 308 g/mol. The number of amides is 1. The summed E-state index contributed by atoms with van der Waals surface area (Å²) in [6, 6.07) is 9.54. The highest BCUT2D eigenvalue weighted by molar-refractivity contribution is 5.89. The predicted octanol–water partition coefficient (Wildman–Crippen LogP) is 2.29. The molecule has 2 fully saturated rings. The van der Waals surface area contributed by atoms with E-state index >= 15 is 0 Å². The number of likely N-dealkylation sites (tertiary alicyclic amines) is 1. The van der Waals surface area contributed by atoms with Gasteiger partial charge in [-0.2, -0.15) is 0 Å². The van der Waals surface area contributed by atoms with Gasteiger partial charge in [0.05, 0.1) is 19.1 Å². The molecule has 0 bridgehead atoms. The van der Waals surface area contributed by atoms with Crippen LogP contribution >= 0.6 is 0 Å². The topological polar surface area (TPSA) is 59.1 Å². The highest BCUT2D eigenvalue weighted by Crippen LogP contribution is 2.23. The maximum absolute atomic E-state index is 12.1. The fraction of sp³-hybridized carbons (Fsp3) is 0.556. The van der Waals surface area contributed by atoms with Crippen molar-refractivity contribution in [2.75, 3.05) is 37.7 Å². The number of benzene rings is 1. The molecule has 0 radical (unpaired) electrons. The van der Waals surface area contributed by atoms with Gasteiger partial charge >= 0.3 is 12.1 Å². The summed E-state index contributed by atoms with van der Waals surface area (Å²) in [4.78, 5) is 27.9. The van der Waals surface area contributed by atoms with Gasteiger partial charge in [0, 0.05) is 18.8 Å². The minimum absolute atomic E-state index is 0.0685. The molecule has 130 valence electrons. The van der Waals surface area contributed by atoms with Crippen molar-refractivity contribution in [3.05, 3.63) is 30.3 Å². The minimum Gasteiger partial charge on any atom is -0.466 e. The molecule has 0 saturated carbocycles. The van der Waals surface area contributed by atoms with Crippen molar-refractivity contribution in [1.29, 1.82) is 0 Å². The smallest absolute Gasteiger partial charge is 0.414 e. The Bertz CT molecular complexity index is 578. The van der Waals surface area contributed by atoms with Gasteiger partial charge in [-0.05, 0) is 38.4 Å². The van der Waals surface area contributed by atoms with E-state index in [0.29, 0.717) is 26.2 Å². The molecule has 0 unspecified atom stereocenters. The minimum atomic E-state index is -0.301. The van der Waals surface area contributed by atoms with Crippen LogP contribution in [0.15, 0.2) is 30.3 Å². The quantitative estimate of drug-likeness (QED) is 0.774. The number of para-hydroxylation sites is 1. The van der Waals surface area contributed by atoms with Gasteiger partial charge in [-0.3, -0.25) is 14.6 Å². The number of rotatable bonds is 5. The summed E-state index contributed by atoms with van der Waals surface area (Å²) in [5.41, 5.74) is 0.855. The Kier molecular flexibility index (Phi) is 5.35. The second kappa shape index (κ2) is 7.66. The summed E-state index contributed by atoms with van der Waals surface area (Å²) in [5.74, 6) is -0.183. The summed E-state index contributed by atoms with van der Waals surface area (Å²) in [5, 5.41) is 0. The van der Waals surface area contributed by atoms with Crippen molar-refractivity contribution in [1.82, 2.24) is 4.90 Å². The number of hydrogen-bond donors (Lipinski definition) is 0. The lowest BCUT2D eigenvalue weighted by Gasteiger charge is -2.32. The Morgan fingerprint density at radius 1 is 1.29 bits per heavy atom. The van der Waals surface area contributed by atoms with Crippen LogP contribution in [0.3, 0.4) is 0 Å². The molecule has 0 N–H and O–H groups in total. The van der Waals surface area contributed by atoms with E-state index in [-0.39, 0.29) is 24.1 Å². The van der Waals surface area contributed by atoms with Crippen LogP contribution in [0.1, 0.15) is 19.8 Å². The summed E-state index contributed by atoms with van der Waals surface area (Å²) < 4.78 is 10.6. The fourth-order valence-corrected chi connectivity index (χ4v) is 3.40. The molecule has 2 aliphatic rings. The fourth-order valence-electron chi connectivity index (χ4n) is 3.40. The zero-order valence-electron chi connectivity index (χ0n) is 14.0. The second-order valence-corrected chi connectivity index (χ2v) is 6.30. The molecule has 6 nitrogen and oxygen atoms in total. The van der Waals surface area contributed by atoms with Gasteiger partial charge in [0.25, 0.3) is 0 Å². The molecule has 2 heterocycles. The Morgan fingerprint density at radius 2 is 2.08 bits per heavy atom. The van der Waals surface area contributed by atoms with Gasteiger partial charge in [-0.25, -0.2) is 4.79 Å². The molecule has 2 atom stereocenters. The van der Waals surface area contributed by atoms with Gasteiger partial charge in [0.1, 0.15) is 6.10 Å². The molecule has 1 aromatic rings. The van der Waals surface area contributed by atoms with Crippen molar-refractivity contribution < 1.29 is 19.1 Å². The number of anilines is 1. The van der Waals surface area contributed by atoms with E-state index in [2.05, 4.69) is 4.90 Å². The van der Waals surface area contributed by atoms with Crippen LogP contribution in [0.25, 0.3) is 0 Å². The number of hydrogen-bond acceptors (Lipinski definition) is 5. The molecule has 0 aromatic heterocycles. The third-order valence-corrected chi connectivity index (χ3v) is 4.53. The third-order valence-electron chi connectivity index (χ3n) is 4.53. The highest BCUT2D eigenvalue weighted by atomic mass is 16.6. The first-order chi connectivity index (χ1) is 11.7. The van der Waals surface area contributed by atoms with E-state index in [4.69, 9.17) is 9.47 Å². The second-order valence-electron chi connectivity index (χ2n) is 6.30. The van der Waals surface area contributed by atoms with E-state index in [1.807, 2.05) is 37.3 Å². The number of ether oxygens (including phenoxy) is 2. The lowest BCUT2D eigenvalue weighted by atomic mass is 9.98. The maximum Gasteiger partial charge on any atom is 0.414 e. The molecule has 0 aliphatic carbocycles. The van der Waals surface area contributed by atoms with E-state index in [0.717, 1.165) is 25.1 Å². The first-order valence-corrected chi connectivity index (χ1v) is 8.59. The monoisotopic (exact) mass is 332 g/mol. The Morgan fingerprint density at radius 3 is 2.83 bits per heavy atom. The number of carbonyl (C=O) groups excluding carboxylic acids is 2. The lowest BCUT2D eigenvalue weighted by Crippen LogP contribution is -2.43. The molecule has 0 spiro atoms. The molecule has 3 rings (SSSR count). The number of piperidine rings is 1. The first-order valence-electron chi connectivity index (χ1n) is 8.59. The molecule has 2 aliphatic heterocycles. The Hall–Kier alpha value is -2.08. The van der Waals surface area contributed by atoms with Crippen molar-refractivity contribution >= 4 is 17.7 Å². The van der Waals surface area contributed by atoms with E-state index in [9.17, 15) is 9.59 Å². The summed E-state index contributed by atoms with van der Waals surface area (Å²) >= 11 is 0. The zero-order chi connectivity index (χ0) is 16.9. The predicted molar refractivity (Wildman–Crippen MR) is 89.9 cm³/mol. The number of carbonyl (C=O) groups is 2. The third kappa shape index (κ3) is 3.87. The largest absolute Gasteiger partial charge is 0.466 e. The molecule has 6 heteroatoms. The summed E-state index contributed by atoms with van der Waals surface area (Å²) in [6.07, 6.45) is 1.37. The van der Waals surface area contributed by atoms with Crippen LogP contribution in [0.5, 0.6) is 0 Å². The van der Waals surface area contributed by atoms with Crippen LogP contribution in [0.4, 0.5) is 10.5 Å². The van der Waals surface area contributed by atoms with Gasteiger partial charge in [0.2, 0.25) is 0 Å². The number of esters is 1. The molecule has 1 aromatic carbocycles. The lowest BCUT2D eigenvalue weighted by molar-refractivity contribution is -0.150. The van der Waals surface area contributed by atoms with Gasteiger partial charge < -0.3 is 9.47 Å². The van der Waals surface area contributed by atoms with Crippen molar-refractivity contribution in [3.8, 4) is 0 Å². The summed E-state index contributed by atoms with van der Waals surface area (Å²) in [6.45, 7) is 5.05. The zero-order valence-corrected chi connectivity index (χ0v) is 14.0. The Balaban J connectivity index is 1.55. The Labute approximate surface area is 142 Å². The standard InChI is InChI=1S/C18H24N2O4/c1-2-23-17(21)14-7-6-10-19(11-14)12-16-13-20(18(22)24-16)15-8-4-3-5-9-15/h3-5,8-9,14,16H,2,6-7,10-13H2,1H3/t14-,16-/m1/s1. The van der Waals surface area contributed by atoms with Gasteiger partial charge in [-0.1, -0.05) is 18.2 Å². The molecule has 2 saturated heterocycles. The van der Waals surface area contributed by atoms with E-state index in [1.165, 1.54) is 0 Å². The number of nitrogens with zero attached hydrogens (tertiary/aromatic N) is 2. The van der Waals surface area contributed by atoms with Crippen molar-refractivity contribution in [2.45, 2.75) is 25.9 Å². The van der Waals surface area contributed by atoms with Gasteiger partial charge in [0.15, 0.2) is 0 Å². The average molecular weight is 332 g/mol. The van der Waals surface area contributed by atoms with Crippen LogP contribution < -0.4 is 4.90 Å². The molecule has 24 heavy (non-hydrogen) atoms. The maximum atomic E-state index is 12.1. The van der Waals surface area contributed by atoms with Crippen LogP contribution in [-0.2, 0) is 14.3 Å².